The number of benzene rings is 1. The normalized spacial score (nSPS) is 15.8. The number of non-ortho nitro benzene ring substituents is 1. The second-order valence-corrected chi connectivity index (χ2v) is 5.22. The smallest absolute Gasteiger partial charge is 0.270 e. The molecule has 0 aliphatic carbocycles. The Kier molecular flexibility index (Phi) is 4.42. The van der Waals surface area contributed by atoms with E-state index in [2.05, 4.69) is 0 Å². The van der Waals surface area contributed by atoms with Crippen molar-refractivity contribution in [1.82, 2.24) is 9.80 Å². The molecular weight excluding hydrogens is 298 g/mol. The molecule has 7 nitrogen and oxygen atoms in total. The molecule has 1 aromatic carbocycles. The van der Waals surface area contributed by atoms with Gasteiger partial charge in [0.1, 0.15) is 6.54 Å². The van der Waals surface area contributed by atoms with Crippen LogP contribution in [-0.2, 0) is 4.79 Å². The Labute approximate surface area is 126 Å². The van der Waals surface area contributed by atoms with Gasteiger partial charge in [0, 0.05) is 32.3 Å². The van der Waals surface area contributed by atoms with Gasteiger partial charge in [-0.2, -0.15) is 0 Å². The largest absolute Gasteiger partial charge is 0.344 e. The van der Waals surface area contributed by atoms with Crippen LogP contribution in [0.3, 0.4) is 0 Å². The van der Waals surface area contributed by atoms with E-state index in [4.69, 9.17) is 11.6 Å². The summed E-state index contributed by atoms with van der Waals surface area (Å²) in [6.07, 6.45) is 0.679. The summed E-state index contributed by atoms with van der Waals surface area (Å²) in [4.78, 5) is 37.3. The number of hydrogen-bond donors (Lipinski definition) is 0. The van der Waals surface area contributed by atoms with E-state index in [9.17, 15) is 19.7 Å². The lowest BCUT2D eigenvalue weighted by Gasteiger charge is -2.20. The molecule has 1 aliphatic heterocycles. The number of likely N-dealkylation sites (N-methyl/N-ethyl adjacent to an activating group) is 1. The van der Waals surface area contributed by atoms with Crippen LogP contribution in [0.2, 0.25) is 5.02 Å². The molecule has 21 heavy (non-hydrogen) atoms. The van der Waals surface area contributed by atoms with Gasteiger partial charge in [0.2, 0.25) is 5.91 Å². The van der Waals surface area contributed by atoms with Crippen LogP contribution in [0.5, 0.6) is 0 Å². The van der Waals surface area contributed by atoms with E-state index in [0.29, 0.717) is 19.5 Å². The van der Waals surface area contributed by atoms with Gasteiger partial charge in [-0.25, -0.2) is 0 Å². The fourth-order valence-corrected chi connectivity index (χ4v) is 2.38. The van der Waals surface area contributed by atoms with Crippen LogP contribution in [0.15, 0.2) is 18.2 Å². The van der Waals surface area contributed by atoms with Crippen molar-refractivity contribution in [3.63, 3.8) is 0 Å². The topological polar surface area (TPSA) is 83.8 Å². The Hall–Kier alpha value is -2.15. The first-order chi connectivity index (χ1) is 9.90. The highest BCUT2D eigenvalue weighted by Crippen LogP contribution is 2.24. The third kappa shape index (κ3) is 3.30. The number of carbonyl (C=O) groups is 2. The molecule has 0 saturated carbocycles. The summed E-state index contributed by atoms with van der Waals surface area (Å²) in [5.41, 5.74) is -0.0113. The molecule has 1 aromatic rings. The van der Waals surface area contributed by atoms with E-state index < -0.39 is 10.8 Å². The second kappa shape index (κ2) is 6.09. The quantitative estimate of drug-likeness (QED) is 0.613. The fourth-order valence-electron chi connectivity index (χ4n) is 2.12. The van der Waals surface area contributed by atoms with Gasteiger partial charge in [-0.1, -0.05) is 11.6 Å². The zero-order valence-electron chi connectivity index (χ0n) is 11.4. The molecule has 1 aliphatic rings. The van der Waals surface area contributed by atoms with Crippen molar-refractivity contribution in [2.75, 3.05) is 26.7 Å². The minimum atomic E-state index is -0.579. The number of amides is 2. The molecule has 1 fully saturated rings. The summed E-state index contributed by atoms with van der Waals surface area (Å²) in [5.74, 6) is -0.530. The molecule has 1 saturated heterocycles. The standard InChI is InChI=1S/C13H14ClN3O4/c1-15-5-2-6-16(8-12(15)18)13(19)10-4-3-9(17(20)21)7-11(10)14/h3-4,7H,2,5-6,8H2,1H3. The third-order valence-electron chi connectivity index (χ3n) is 3.35. The molecule has 2 rings (SSSR count). The molecule has 0 radical (unpaired) electrons. The number of carbonyl (C=O) groups excluding carboxylic acids is 2. The first kappa shape index (κ1) is 15.2. The monoisotopic (exact) mass is 311 g/mol. The lowest BCUT2D eigenvalue weighted by Crippen LogP contribution is -2.38. The summed E-state index contributed by atoms with van der Waals surface area (Å²) in [6, 6.07) is 3.69. The van der Waals surface area contributed by atoms with Gasteiger partial charge in [-0.15, -0.1) is 0 Å². The van der Waals surface area contributed by atoms with Crippen LogP contribution in [0.25, 0.3) is 0 Å². The molecule has 8 heteroatoms. The number of nitrogens with zero attached hydrogens (tertiary/aromatic N) is 3. The fraction of sp³-hybridized carbons (Fsp3) is 0.385. The van der Waals surface area contributed by atoms with E-state index in [1.807, 2.05) is 0 Å². The first-order valence-corrected chi connectivity index (χ1v) is 6.75. The summed E-state index contributed by atoms with van der Waals surface area (Å²) in [5, 5.41) is 10.7. The van der Waals surface area contributed by atoms with Crippen molar-refractivity contribution in [3.8, 4) is 0 Å². The highest BCUT2D eigenvalue weighted by molar-refractivity contribution is 6.34. The summed E-state index contributed by atoms with van der Waals surface area (Å²) >= 11 is 5.95. The number of nitro benzene ring substituents is 1. The van der Waals surface area contributed by atoms with Crippen molar-refractivity contribution in [1.29, 1.82) is 0 Å². The second-order valence-electron chi connectivity index (χ2n) is 4.82. The number of nitro groups is 1. The zero-order chi connectivity index (χ0) is 15.6. The lowest BCUT2D eigenvalue weighted by molar-refractivity contribution is -0.384. The summed E-state index contributed by atoms with van der Waals surface area (Å²) in [6.45, 7) is 1.03. The van der Waals surface area contributed by atoms with E-state index in [1.165, 1.54) is 17.0 Å². The van der Waals surface area contributed by atoms with Crippen molar-refractivity contribution in [3.05, 3.63) is 38.9 Å². The Morgan fingerprint density at radius 2 is 2.10 bits per heavy atom. The average molecular weight is 312 g/mol. The number of rotatable bonds is 2. The Morgan fingerprint density at radius 1 is 1.38 bits per heavy atom. The van der Waals surface area contributed by atoms with Gasteiger partial charge in [0.15, 0.2) is 0 Å². The van der Waals surface area contributed by atoms with E-state index in [0.717, 1.165) is 6.07 Å². The van der Waals surface area contributed by atoms with Crippen LogP contribution >= 0.6 is 11.6 Å². The summed E-state index contributed by atoms with van der Waals surface area (Å²) < 4.78 is 0. The van der Waals surface area contributed by atoms with Gasteiger partial charge in [0.25, 0.3) is 11.6 Å². The van der Waals surface area contributed by atoms with Crippen LogP contribution < -0.4 is 0 Å². The third-order valence-corrected chi connectivity index (χ3v) is 3.67. The molecule has 0 aromatic heterocycles. The number of hydrogen-bond acceptors (Lipinski definition) is 4. The molecule has 0 spiro atoms. The average Bonchev–Trinajstić information content (AvgIpc) is 2.60. The maximum absolute atomic E-state index is 12.4. The maximum atomic E-state index is 12.4. The highest BCUT2D eigenvalue weighted by atomic mass is 35.5. The Morgan fingerprint density at radius 3 is 2.71 bits per heavy atom. The van der Waals surface area contributed by atoms with Crippen molar-refractivity contribution in [2.24, 2.45) is 0 Å². The number of halogens is 1. The molecule has 0 bridgehead atoms. The Balaban J connectivity index is 2.23. The van der Waals surface area contributed by atoms with E-state index >= 15 is 0 Å². The summed E-state index contributed by atoms with van der Waals surface area (Å²) in [7, 11) is 1.69. The predicted molar refractivity (Wildman–Crippen MR) is 76.3 cm³/mol. The minimum absolute atomic E-state index is 0.0113. The molecule has 0 atom stereocenters. The molecule has 112 valence electrons. The highest BCUT2D eigenvalue weighted by Gasteiger charge is 2.25. The van der Waals surface area contributed by atoms with Crippen molar-refractivity contribution in [2.45, 2.75) is 6.42 Å². The molecule has 1 heterocycles. The van der Waals surface area contributed by atoms with Gasteiger partial charge in [-0.05, 0) is 12.5 Å². The van der Waals surface area contributed by atoms with Crippen LogP contribution in [0.4, 0.5) is 5.69 Å². The van der Waals surface area contributed by atoms with E-state index in [1.54, 1.807) is 11.9 Å². The predicted octanol–water partition coefficient (Wildman–Crippen LogP) is 1.55. The SMILES string of the molecule is CN1CCCN(C(=O)c2ccc([N+](=O)[O-])cc2Cl)CC1=O. The molecule has 0 unspecified atom stereocenters. The van der Waals surface area contributed by atoms with Crippen LogP contribution in [-0.4, -0.2) is 53.2 Å². The minimum Gasteiger partial charge on any atom is -0.344 e. The molecule has 2 amide bonds. The lowest BCUT2D eigenvalue weighted by atomic mass is 10.1. The van der Waals surface area contributed by atoms with Gasteiger partial charge in [-0.3, -0.25) is 19.7 Å². The zero-order valence-corrected chi connectivity index (χ0v) is 12.2. The van der Waals surface area contributed by atoms with Gasteiger partial charge in [0.05, 0.1) is 15.5 Å². The maximum Gasteiger partial charge on any atom is 0.270 e. The van der Waals surface area contributed by atoms with E-state index in [-0.39, 0.29) is 28.7 Å². The Bertz CT molecular complexity index is 605. The van der Waals surface area contributed by atoms with Crippen molar-refractivity contribution < 1.29 is 14.5 Å². The van der Waals surface area contributed by atoms with Crippen molar-refractivity contribution >= 4 is 29.1 Å². The van der Waals surface area contributed by atoms with Crippen LogP contribution in [0, 0.1) is 10.1 Å². The first-order valence-electron chi connectivity index (χ1n) is 6.37. The van der Waals surface area contributed by atoms with Gasteiger partial charge < -0.3 is 9.80 Å². The molecule has 0 N–H and O–H groups in total. The molecular formula is C13H14ClN3O4. The van der Waals surface area contributed by atoms with Gasteiger partial charge >= 0.3 is 0 Å². The van der Waals surface area contributed by atoms with Crippen LogP contribution in [0.1, 0.15) is 16.8 Å².